The SMILES string of the molecule is CCC(F)(F)c1ccc(-c2cnc3c(-c4cccc(S(C)(=O)=O)c4)cnn3c2)cc1.CS(=O)(=O)c1cccc(-c2cnn3cc(-c4ccc(C(F)(F)CO)cc4)cnc23)c1. The predicted octanol–water partition coefficient (Wildman–Crippen LogP) is 8.52. The molecular weight excluding hydrogens is 821 g/mol. The molecule has 0 amide bonds. The van der Waals surface area contributed by atoms with E-state index in [0.717, 1.165) is 23.6 Å². The van der Waals surface area contributed by atoms with Gasteiger partial charge >= 0.3 is 0 Å². The average molecular weight is 857 g/mol. The van der Waals surface area contributed by atoms with E-state index in [2.05, 4.69) is 20.2 Å². The molecule has 0 aliphatic carbocycles. The summed E-state index contributed by atoms with van der Waals surface area (Å²) < 4.78 is 105. The van der Waals surface area contributed by atoms with Gasteiger partial charge in [0.05, 0.1) is 22.2 Å². The van der Waals surface area contributed by atoms with E-state index in [1.54, 1.807) is 101 Å². The van der Waals surface area contributed by atoms with Gasteiger partial charge in [0.2, 0.25) is 0 Å². The zero-order chi connectivity index (χ0) is 43.0. The van der Waals surface area contributed by atoms with Crippen LogP contribution in [-0.4, -0.2) is 70.3 Å². The Labute approximate surface area is 342 Å². The topological polar surface area (TPSA) is 149 Å². The molecule has 8 rings (SSSR count). The number of nitrogens with zero attached hydrogens (tertiary/aromatic N) is 6. The largest absolute Gasteiger partial charge is 0.390 e. The van der Waals surface area contributed by atoms with E-state index in [1.165, 1.54) is 49.4 Å². The minimum absolute atomic E-state index is 0.0186. The second kappa shape index (κ2) is 16.0. The summed E-state index contributed by atoms with van der Waals surface area (Å²) in [6.07, 6.45) is 12.0. The zero-order valence-electron chi connectivity index (χ0n) is 32.2. The number of hydrogen-bond acceptors (Lipinski definition) is 9. The highest BCUT2D eigenvalue weighted by Crippen LogP contribution is 2.34. The van der Waals surface area contributed by atoms with Crippen LogP contribution in [0.1, 0.15) is 24.5 Å². The molecule has 4 aromatic carbocycles. The van der Waals surface area contributed by atoms with Gasteiger partial charge in [-0.2, -0.15) is 19.0 Å². The molecule has 0 saturated carbocycles. The predicted molar refractivity (Wildman–Crippen MR) is 219 cm³/mol. The summed E-state index contributed by atoms with van der Waals surface area (Å²) in [5.41, 5.74) is 6.36. The molecule has 0 saturated heterocycles. The lowest BCUT2D eigenvalue weighted by Gasteiger charge is -2.14. The zero-order valence-corrected chi connectivity index (χ0v) is 33.8. The number of aliphatic hydroxyl groups excluding tert-OH is 1. The third kappa shape index (κ3) is 8.68. The van der Waals surface area contributed by atoms with Crippen LogP contribution in [0.25, 0.3) is 55.8 Å². The Morgan fingerprint density at radius 2 is 0.950 bits per heavy atom. The highest BCUT2D eigenvalue weighted by atomic mass is 32.2. The van der Waals surface area contributed by atoms with E-state index < -0.39 is 38.1 Å². The molecule has 0 unspecified atom stereocenters. The highest BCUT2D eigenvalue weighted by Gasteiger charge is 2.30. The summed E-state index contributed by atoms with van der Waals surface area (Å²) in [5, 5.41) is 17.4. The van der Waals surface area contributed by atoms with Crippen molar-refractivity contribution in [2.75, 3.05) is 19.1 Å². The normalized spacial score (nSPS) is 12.4. The number of sulfone groups is 2. The average Bonchev–Trinajstić information content (AvgIpc) is 3.88. The molecule has 0 aliphatic rings. The van der Waals surface area contributed by atoms with Crippen molar-refractivity contribution >= 4 is 31.0 Å². The lowest BCUT2D eigenvalue weighted by molar-refractivity contribution is -0.0556. The fourth-order valence-corrected chi connectivity index (χ4v) is 7.69. The van der Waals surface area contributed by atoms with Gasteiger partial charge in [-0.3, -0.25) is 0 Å². The number of alkyl halides is 4. The van der Waals surface area contributed by atoms with E-state index in [9.17, 15) is 34.4 Å². The van der Waals surface area contributed by atoms with Crippen molar-refractivity contribution in [3.05, 3.63) is 145 Å². The first-order valence-electron chi connectivity index (χ1n) is 18.2. The molecule has 60 heavy (non-hydrogen) atoms. The second-order valence-corrected chi connectivity index (χ2v) is 18.0. The Balaban J connectivity index is 0.000000181. The number of aliphatic hydroxyl groups is 1. The van der Waals surface area contributed by atoms with Gasteiger partial charge < -0.3 is 5.11 Å². The second-order valence-electron chi connectivity index (χ2n) is 14.0. The first-order chi connectivity index (χ1) is 28.4. The maximum atomic E-state index is 13.8. The van der Waals surface area contributed by atoms with E-state index in [-0.39, 0.29) is 27.3 Å². The molecule has 0 aliphatic heterocycles. The first-order valence-corrected chi connectivity index (χ1v) is 22.0. The van der Waals surface area contributed by atoms with Gasteiger partial charge in [0.25, 0.3) is 11.8 Å². The molecule has 4 heterocycles. The van der Waals surface area contributed by atoms with Gasteiger partial charge in [0, 0.05) is 77.1 Å². The minimum atomic E-state index is -3.35. The minimum Gasteiger partial charge on any atom is -0.390 e. The number of aromatic nitrogens is 6. The molecule has 8 aromatic rings. The fourth-order valence-electron chi connectivity index (χ4n) is 6.35. The van der Waals surface area contributed by atoms with Crippen LogP contribution in [0, 0.1) is 0 Å². The van der Waals surface area contributed by atoms with Crippen molar-refractivity contribution in [3.8, 4) is 44.5 Å². The quantitative estimate of drug-likeness (QED) is 0.134. The third-order valence-corrected chi connectivity index (χ3v) is 12.0. The van der Waals surface area contributed by atoms with E-state index in [0.29, 0.717) is 44.7 Å². The van der Waals surface area contributed by atoms with Crippen LogP contribution in [0.15, 0.2) is 144 Å². The lowest BCUT2D eigenvalue weighted by Crippen LogP contribution is -2.18. The summed E-state index contributed by atoms with van der Waals surface area (Å²) in [6.45, 7) is 0.198. The van der Waals surface area contributed by atoms with Crippen molar-refractivity contribution in [1.82, 2.24) is 29.2 Å². The number of fused-ring (bicyclic) bond motifs is 2. The number of rotatable bonds is 10. The molecular formula is C43H36F4N6O5S2. The van der Waals surface area contributed by atoms with Crippen molar-refractivity contribution < 1.29 is 39.5 Å². The number of halogens is 4. The summed E-state index contributed by atoms with van der Waals surface area (Å²) in [6, 6.07) is 24.9. The van der Waals surface area contributed by atoms with Crippen LogP contribution < -0.4 is 0 Å². The van der Waals surface area contributed by atoms with E-state index in [4.69, 9.17) is 5.11 Å². The summed E-state index contributed by atoms with van der Waals surface area (Å²) in [4.78, 5) is 9.34. The standard InChI is InChI=1S/C22H19F2N3O2S.C21H17F2N3O3S/c1-3-22(23,24)18-9-7-15(8-10-18)17-12-25-21-20(13-26-27(21)14-17)16-5-4-6-19(11-16)30(2,28)29;1-30(28,29)18-4-2-3-15(9-18)19-11-25-26-12-16(10-24-20(19)26)14-5-7-17(8-6-14)21(22,23)13-27/h4-14H,3H2,1-2H3;2-12,27H,13H2,1H3. The fraction of sp³-hybridized carbons (Fsp3) is 0.163. The van der Waals surface area contributed by atoms with E-state index in [1.807, 2.05) is 0 Å². The van der Waals surface area contributed by atoms with Gasteiger partial charge in [-0.25, -0.2) is 44.6 Å². The monoisotopic (exact) mass is 856 g/mol. The molecule has 0 fully saturated rings. The van der Waals surface area contributed by atoms with Crippen LogP contribution in [0.5, 0.6) is 0 Å². The Bertz CT molecular complexity index is 2870. The maximum absolute atomic E-state index is 13.8. The van der Waals surface area contributed by atoms with Crippen LogP contribution in [-0.2, 0) is 31.5 Å². The maximum Gasteiger partial charge on any atom is 0.295 e. The summed E-state index contributed by atoms with van der Waals surface area (Å²) in [7, 11) is -6.67. The molecule has 0 radical (unpaired) electrons. The van der Waals surface area contributed by atoms with Crippen molar-refractivity contribution in [2.24, 2.45) is 0 Å². The molecule has 0 bridgehead atoms. The summed E-state index contributed by atoms with van der Waals surface area (Å²) >= 11 is 0. The smallest absolute Gasteiger partial charge is 0.295 e. The molecule has 17 heteroatoms. The Hall–Kier alpha value is -6.30. The van der Waals surface area contributed by atoms with Crippen LogP contribution >= 0.6 is 0 Å². The van der Waals surface area contributed by atoms with Gasteiger partial charge in [-0.15, -0.1) is 0 Å². The number of benzene rings is 4. The van der Waals surface area contributed by atoms with Gasteiger partial charge in [-0.1, -0.05) is 79.7 Å². The Morgan fingerprint density at radius 1 is 0.550 bits per heavy atom. The van der Waals surface area contributed by atoms with Crippen molar-refractivity contribution in [3.63, 3.8) is 0 Å². The Morgan fingerprint density at radius 3 is 1.32 bits per heavy atom. The van der Waals surface area contributed by atoms with Crippen LogP contribution in [0.4, 0.5) is 17.6 Å². The van der Waals surface area contributed by atoms with Gasteiger partial charge in [0.15, 0.2) is 31.0 Å². The lowest BCUT2D eigenvalue weighted by atomic mass is 10.0. The van der Waals surface area contributed by atoms with Gasteiger partial charge in [0.1, 0.15) is 6.61 Å². The molecule has 0 atom stereocenters. The highest BCUT2D eigenvalue weighted by molar-refractivity contribution is 7.91. The van der Waals surface area contributed by atoms with Gasteiger partial charge in [-0.05, 0) is 46.5 Å². The molecule has 308 valence electrons. The third-order valence-electron chi connectivity index (χ3n) is 9.78. The molecule has 1 N–H and O–H groups in total. The molecule has 0 spiro atoms. The van der Waals surface area contributed by atoms with Crippen molar-refractivity contribution in [1.29, 1.82) is 0 Å². The molecule has 11 nitrogen and oxygen atoms in total. The molecule has 4 aromatic heterocycles. The first kappa shape index (κ1) is 41.8. The number of hydrogen-bond donors (Lipinski definition) is 1. The Kier molecular flexibility index (Phi) is 11.2. The van der Waals surface area contributed by atoms with Crippen molar-refractivity contribution in [2.45, 2.75) is 35.0 Å². The van der Waals surface area contributed by atoms with E-state index >= 15 is 0 Å². The summed E-state index contributed by atoms with van der Waals surface area (Å²) in [5.74, 6) is -6.14. The van der Waals surface area contributed by atoms with Crippen LogP contribution in [0.3, 0.4) is 0 Å². The van der Waals surface area contributed by atoms with Crippen LogP contribution in [0.2, 0.25) is 0 Å².